The smallest absolute Gasteiger partial charge is 0.406 e. The number of nitro groups is 1. The predicted octanol–water partition coefficient (Wildman–Crippen LogP) is 5.06. The van der Waals surface area contributed by atoms with E-state index in [0.717, 1.165) is 0 Å². The number of nitrogens with one attached hydrogen (secondary N) is 1. The van der Waals surface area contributed by atoms with Crippen LogP contribution in [0.15, 0.2) is 66.9 Å². The van der Waals surface area contributed by atoms with Gasteiger partial charge < -0.3 is 20.2 Å². The molecule has 0 unspecified atom stereocenters. The quantitative estimate of drug-likeness (QED) is 0.446. The summed E-state index contributed by atoms with van der Waals surface area (Å²) in [5, 5.41) is 14.6. The van der Waals surface area contributed by atoms with Gasteiger partial charge in [0.25, 0.3) is 5.91 Å². The Balaban J connectivity index is 1.94. The van der Waals surface area contributed by atoms with E-state index >= 15 is 0 Å². The maximum atomic E-state index is 12.9. The van der Waals surface area contributed by atoms with Crippen LogP contribution >= 0.6 is 23.2 Å². The van der Waals surface area contributed by atoms with E-state index in [1.807, 2.05) is 0 Å². The van der Waals surface area contributed by atoms with Gasteiger partial charge in [0.05, 0.1) is 0 Å². The first-order valence-electron chi connectivity index (χ1n) is 8.02. The first-order valence-corrected chi connectivity index (χ1v) is 8.77. The molecule has 2 aromatic carbocycles. The molecule has 0 saturated carbocycles. The van der Waals surface area contributed by atoms with Crippen LogP contribution in [0.5, 0.6) is 5.75 Å². The highest BCUT2D eigenvalue weighted by Crippen LogP contribution is 2.30. The molecular formula is C19H13Cl2N3O4. The molecular weight excluding hydrogens is 405 g/mol. The summed E-state index contributed by atoms with van der Waals surface area (Å²) in [6.45, 7) is 0. The van der Waals surface area contributed by atoms with Crippen molar-refractivity contribution in [1.82, 2.24) is 4.98 Å². The number of carbonyl (C=O) groups is 1. The van der Waals surface area contributed by atoms with Gasteiger partial charge in [-0.05, 0) is 40.2 Å². The van der Waals surface area contributed by atoms with Crippen molar-refractivity contribution in [2.24, 2.45) is 0 Å². The molecule has 1 N–H and O–H groups in total. The molecule has 0 bridgehead atoms. The fraction of sp³-hybridized carbons (Fsp3) is 0.0526. The van der Waals surface area contributed by atoms with E-state index in [2.05, 4.69) is 10.3 Å². The highest BCUT2D eigenvalue weighted by Gasteiger charge is 2.27. The number of carbonyl (C=O) groups excluding carboxylic acids is 1. The third-order valence-corrected chi connectivity index (χ3v) is 4.08. The third kappa shape index (κ3) is 4.76. The Morgan fingerprint density at radius 2 is 1.75 bits per heavy atom. The molecule has 0 aliphatic rings. The number of anilines is 1. The summed E-state index contributed by atoms with van der Waals surface area (Å²) in [4.78, 5) is 27.1. The zero-order valence-electron chi connectivity index (χ0n) is 14.2. The van der Waals surface area contributed by atoms with Crippen LogP contribution in [-0.2, 0) is 4.79 Å². The topological polar surface area (TPSA) is 94.4 Å². The Morgan fingerprint density at radius 1 is 1.07 bits per heavy atom. The molecule has 1 heterocycles. The molecule has 3 aromatic rings. The van der Waals surface area contributed by atoms with Crippen LogP contribution < -0.4 is 10.1 Å². The molecule has 28 heavy (non-hydrogen) atoms. The number of halogens is 2. The lowest BCUT2D eigenvalue weighted by molar-refractivity contribution is -0.390. The summed E-state index contributed by atoms with van der Waals surface area (Å²) in [6.07, 6.45) is 0.109. The summed E-state index contributed by atoms with van der Waals surface area (Å²) in [6, 6.07) is 16.0. The standard InChI is InChI=1S/C19H13Cl2N3O4/c20-13-9-14(21)11-15(10-13)23-19(25)17(12-5-2-1-3-6-12)28-16-7-4-8-22-18(16)24(26)27/h1-11,17H,(H,23,25)/t17-/m0/s1. The van der Waals surface area contributed by atoms with E-state index in [4.69, 9.17) is 27.9 Å². The van der Waals surface area contributed by atoms with Crippen LogP contribution in [0.25, 0.3) is 0 Å². The monoisotopic (exact) mass is 417 g/mol. The van der Waals surface area contributed by atoms with Crippen molar-refractivity contribution in [3.05, 3.63) is 92.6 Å². The van der Waals surface area contributed by atoms with E-state index in [-0.39, 0.29) is 5.75 Å². The van der Waals surface area contributed by atoms with E-state index in [0.29, 0.717) is 21.3 Å². The number of hydrogen-bond acceptors (Lipinski definition) is 5. The van der Waals surface area contributed by atoms with Gasteiger partial charge in [0, 0.05) is 21.3 Å². The summed E-state index contributed by atoms with van der Waals surface area (Å²) in [5.74, 6) is -1.16. The molecule has 0 spiro atoms. The lowest BCUT2D eigenvalue weighted by Gasteiger charge is -2.19. The van der Waals surface area contributed by atoms with Crippen molar-refractivity contribution in [2.75, 3.05) is 5.32 Å². The molecule has 1 aromatic heterocycles. The highest BCUT2D eigenvalue weighted by molar-refractivity contribution is 6.35. The second-order valence-electron chi connectivity index (χ2n) is 5.64. The van der Waals surface area contributed by atoms with Gasteiger partial charge in [0.15, 0.2) is 0 Å². The van der Waals surface area contributed by atoms with Gasteiger partial charge in [0.1, 0.15) is 6.20 Å². The molecule has 1 atom stereocenters. The lowest BCUT2D eigenvalue weighted by atomic mass is 10.1. The van der Waals surface area contributed by atoms with Crippen molar-refractivity contribution in [3.63, 3.8) is 0 Å². The number of nitrogens with zero attached hydrogens (tertiary/aromatic N) is 2. The van der Waals surface area contributed by atoms with Gasteiger partial charge in [-0.25, -0.2) is 0 Å². The number of hydrogen-bond donors (Lipinski definition) is 1. The van der Waals surface area contributed by atoms with Gasteiger partial charge in [-0.1, -0.05) is 53.5 Å². The van der Waals surface area contributed by atoms with Crippen LogP contribution in [0, 0.1) is 10.1 Å². The zero-order chi connectivity index (χ0) is 20.1. The van der Waals surface area contributed by atoms with Crippen LogP contribution in [0.1, 0.15) is 11.7 Å². The van der Waals surface area contributed by atoms with E-state index in [1.165, 1.54) is 36.5 Å². The number of benzene rings is 2. The first-order chi connectivity index (χ1) is 13.4. The summed E-state index contributed by atoms with van der Waals surface area (Å²) in [7, 11) is 0. The number of amides is 1. The molecule has 0 aliphatic heterocycles. The Hall–Kier alpha value is -3.16. The molecule has 3 rings (SSSR count). The number of pyridine rings is 1. The largest absolute Gasteiger partial charge is 0.467 e. The molecule has 7 nitrogen and oxygen atoms in total. The minimum Gasteiger partial charge on any atom is -0.467 e. The van der Waals surface area contributed by atoms with Gasteiger partial charge in [-0.3, -0.25) is 4.79 Å². The van der Waals surface area contributed by atoms with Gasteiger partial charge in [-0.2, -0.15) is 0 Å². The summed E-state index contributed by atoms with van der Waals surface area (Å²) < 4.78 is 5.71. The van der Waals surface area contributed by atoms with E-state index in [9.17, 15) is 14.9 Å². The van der Waals surface area contributed by atoms with Crippen LogP contribution in [0.4, 0.5) is 11.5 Å². The second kappa shape index (κ2) is 8.69. The number of aromatic nitrogens is 1. The predicted molar refractivity (Wildman–Crippen MR) is 106 cm³/mol. The maximum absolute atomic E-state index is 12.9. The van der Waals surface area contributed by atoms with Crippen molar-refractivity contribution in [3.8, 4) is 5.75 Å². The molecule has 0 fully saturated rings. The second-order valence-corrected chi connectivity index (χ2v) is 6.51. The van der Waals surface area contributed by atoms with Gasteiger partial charge in [0.2, 0.25) is 11.9 Å². The molecule has 1 amide bonds. The summed E-state index contributed by atoms with van der Waals surface area (Å²) in [5.41, 5.74) is 0.874. The Bertz CT molecular complexity index is 995. The van der Waals surface area contributed by atoms with Gasteiger partial charge >= 0.3 is 5.82 Å². The Kier molecular flexibility index (Phi) is 6.08. The number of rotatable bonds is 6. The Labute approximate surface area is 170 Å². The maximum Gasteiger partial charge on any atom is 0.406 e. The summed E-state index contributed by atoms with van der Waals surface area (Å²) >= 11 is 11.9. The number of ether oxygens (including phenoxy) is 1. The van der Waals surface area contributed by atoms with Crippen LogP contribution in [0.3, 0.4) is 0 Å². The van der Waals surface area contributed by atoms with Crippen molar-refractivity contribution >= 4 is 40.6 Å². The Morgan fingerprint density at radius 3 is 2.39 bits per heavy atom. The van der Waals surface area contributed by atoms with Crippen molar-refractivity contribution in [1.29, 1.82) is 0 Å². The zero-order valence-corrected chi connectivity index (χ0v) is 15.7. The fourth-order valence-corrected chi connectivity index (χ4v) is 3.00. The minimum absolute atomic E-state index is 0.124. The van der Waals surface area contributed by atoms with Crippen LogP contribution in [-0.4, -0.2) is 15.8 Å². The highest BCUT2D eigenvalue weighted by atomic mass is 35.5. The fourth-order valence-electron chi connectivity index (χ4n) is 2.47. The average molecular weight is 418 g/mol. The van der Waals surface area contributed by atoms with E-state index < -0.39 is 22.8 Å². The SMILES string of the molecule is O=C(Nc1cc(Cl)cc(Cl)c1)[C@@H](Oc1cccnc1[N+](=O)[O-])c1ccccc1. The normalized spacial score (nSPS) is 11.5. The molecule has 9 heteroatoms. The molecule has 0 saturated heterocycles. The minimum atomic E-state index is -1.16. The first kappa shape index (κ1) is 19.6. The van der Waals surface area contributed by atoms with Crippen molar-refractivity contribution in [2.45, 2.75) is 6.10 Å². The van der Waals surface area contributed by atoms with Crippen molar-refractivity contribution < 1.29 is 14.5 Å². The lowest BCUT2D eigenvalue weighted by Crippen LogP contribution is -2.26. The van der Waals surface area contributed by atoms with E-state index in [1.54, 1.807) is 30.3 Å². The third-order valence-electron chi connectivity index (χ3n) is 3.64. The van der Waals surface area contributed by atoms with Gasteiger partial charge in [-0.15, -0.1) is 0 Å². The molecule has 142 valence electrons. The molecule has 0 aliphatic carbocycles. The van der Waals surface area contributed by atoms with Crippen LogP contribution in [0.2, 0.25) is 10.0 Å². The average Bonchev–Trinajstić information content (AvgIpc) is 2.66. The molecule has 0 radical (unpaired) electrons.